The lowest BCUT2D eigenvalue weighted by Crippen LogP contribution is -1.95. The standard InChI is InChI=1S/C13H12BrN5O/c1-19-6-7(8-3-4-16-13(15)17-8)11-9(20-2)5-10(14)18-12(11)19/h3-6H,1-2H3,(H2,15,16,17). The van der Waals surface area contributed by atoms with Crippen molar-refractivity contribution < 1.29 is 4.74 Å². The Hall–Kier alpha value is -2.15. The number of hydrogen-bond acceptors (Lipinski definition) is 5. The van der Waals surface area contributed by atoms with E-state index in [2.05, 4.69) is 30.9 Å². The molecule has 3 heterocycles. The van der Waals surface area contributed by atoms with Gasteiger partial charge in [-0.25, -0.2) is 15.0 Å². The second kappa shape index (κ2) is 4.75. The van der Waals surface area contributed by atoms with Crippen molar-refractivity contribution in [3.8, 4) is 17.0 Å². The second-order valence-electron chi connectivity index (χ2n) is 4.30. The van der Waals surface area contributed by atoms with Gasteiger partial charge in [0.05, 0.1) is 18.2 Å². The average Bonchev–Trinajstić information content (AvgIpc) is 2.75. The van der Waals surface area contributed by atoms with Crippen molar-refractivity contribution in [2.24, 2.45) is 7.05 Å². The molecular formula is C13H12BrN5O. The minimum absolute atomic E-state index is 0.239. The van der Waals surface area contributed by atoms with Crippen LogP contribution in [0.4, 0.5) is 5.95 Å². The molecule has 0 amide bonds. The molecule has 0 radical (unpaired) electrons. The number of methoxy groups -OCH3 is 1. The van der Waals surface area contributed by atoms with Crippen molar-refractivity contribution in [1.82, 2.24) is 19.5 Å². The number of rotatable bonds is 2. The lowest BCUT2D eigenvalue weighted by molar-refractivity contribution is 0.419. The second-order valence-corrected chi connectivity index (χ2v) is 5.11. The molecule has 0 bridgehead atoms. The molecule has 20 heavy (non-hydrogen) atoms. The lowest BCUT2D eigenvalue weighted by atomic mass is 10.1. The Labute approximate surface area is 123 Å². The van der Waals surface area contributed by atoms with Crippen LogP contribution in [0.2, 0.25) is 0 Å². The number of halogens is 1. The lowest BCUT2D eigenvalue weighted by Gasteiger charge is -2.05. The maximum absolute atomic E-state index is 5.66. The van der Waals surface area contributed by atoms with Gasteiger partial charge in [0.1, 0.15) is 16.0 Å². The number of hydrogen-bond donors (Lipinski definition) is 1. The van der Waals surface area contributed by atoms with Crippen LogP contribution in [-0.4, -0.2) is 26.6 Å². The highest BCUT2D eigenvalue weighted by atomic mass is 79.9. The third kappa shape index (κ3) is 2.00. The van der Waals surface area contributed by atoms with Gasteiger partial charge in [0.25, 0.3) is 0 Å². The van der Waals surface area contributed by atoms with E-state index in [0.29, 0.717) is 0 Å². The molecule has 0 aliphatic carbocycles. The van der Waals surface area contributed by atoms with Gasteiger partial charge in [0.2, 0.25) is 5.95 Å². The summed E-state index contributed by atoms with van der Waals surface area (Å²) in [7, 11) is 3.56. The highest BCUT2D eigenvalue weighted by Gasteiger charge is 2.16. The monoisotopic (exact) mass is 333 g/mol. The van der Waals surface area contributed by atoms with Crippen molar-refractivity contribution in [3.63, 3.8) is 0 Å². The number of anilines is 1. The van der Waals surface area contributed by atoms with Crippen LogP contribution in [0.15, 0.2) is 29.1 Å². The van der Waals surface area contributed by atoms with Crippen LogP contribution in [0.25, 0.3) is 22.3 Å². The number of ether oxygens (including phenoxy) is 1. The first kappa shape index (κ1) is 12.9. The fraction of sp³-hybridized carbons (Fsp3) is 0.154. The number of nitrogens with two attached hydrogens (primary N) is 1. The van der Waals surface area contributed by atoms with Crippen molar-refractivity contribution in [2.45, 2.75) is 0 Å². The van der Waals surface area contributed by atoms with Crippen molar-refractivity contribution in [1.29, 1.82) is 0 Å². The molecule has 0 aromatic carbocycles. The maximum Gasteiger partial charge on any atom is 0.220 e. The van der Waals surface area contributed by atoms with Crippen LogP contribution in [-0.2, 0) is 7.05 Å². The van der Waals surface area contributed by atoms with Gasteiger partial charge in [0.15, 0.2) is 0 Å². The predicted octanol–water partition coefficient (Wildman–Crippen LogP) is 2.38. The number of fused-ring (bicyclic) bond motifs is 1. The molecule has 3 aromatic heterocycles. The molecule has 0 aliphatic rings. The van der Waals surface area contributed by atoms with Crippen LogP contribution >= 0.6 is 15.9 Å². The van der Waals surface area contributed by atoms with Gasteiger partial charge < -0.3 is 15.0 Å². The Morgan fingerprint density at radius 3 is 2.85 bits per heavy atom. The summed E-state index contributed by atoms with van der Waals surface area (Å²) in [6.45, 7) is 0. The topological polar surface area (TPSA) is 78.8 Å². The van der Waals surface area contributed by atoms with Crippen LogP contribution < -0.4 is 10.5 Å². The minimum Gasteiger partial charge on any atom is -0.496 e. The summed E-state index contributed by atoms with van der Waals surface area (Å²) < 4.78 is 8.10. The Morgan fingerprint density at radius 2 is 2.15 bits per heavy atom. The number of pyridine rings is 1. The zero-order valence-corrected chi connectivity index (χ0v) is 12.5. The summed E-state index contributed by atoms with van der Waals surface area (Å²) in [4.78, 5) is 12.7. The molecule has 3 aromatic rings. The normalized spacial score (nSPS) is 10.9. The van der Waals surface area contributed by atoms with E-state index in [1.807, 2.05) is 29.9 Å². The van der Waals surface area contributed by atoms with Crippen LogP contribution in [0.5, 0.6) is 5.75 Å². The molecule has 7 heteroatoms. The predicted molar refractivity (Wildman–Crippen MR) is 80.4 cm³/mol. The van der Waals surface area contributed by atoms with E-state index in [-0.39, 0.29) is 5.95 Å². The van der Waals surface area contributed by atoms with Crippen molar-refractivity contribution in [2.75, 3.05) is 12.8 Å². The zero-order chi connectivity index (χ0) is 14.3. The summed E-state index contributed by atoms with van der Waals surface area (Å²) in [5.41, 5.74) is 8.12. The first-order valence-electron chi connectivity index (χ1n) is 5.88. The fourth-order valence-corrected chi connectivity index (χ4v) is 2.56. The molecule has 6 nitrogen and oxygen atoms in total. The molecule has 0 atom stereocenters. The largest absolute Gasteiger partial charge is 0.496 e. The first-order valence-corrected chi connectivity index (χ1v) is 6.68. The molecule has 3 rings (SSSR count). The highest BCUT2D eigenvalue weighted by molar-refractivity contribution is 9.10. The molecule has 0 unspecified atom stereocenters. The molecule has 2 N–H and O–H groups in total. The van der Waals surface area contributed by atoms with E-state index in [4.69, 9.17) is 10.5 Å². The molecular weight excluding hydrogens is 322 g/mol. The number of aromatic nitrogens is 4. The third-order valence-corrected chi connectivity index (χ3v) is 3.44. The van der Waals surface area contributed by atoms with Crippen molar-refractivity contribution in [3.05, 3.63) is 29.1 Å². The third-order valence-electron chi connectivity index (χ3n) is 3.03. The number of nitrogens with zero attached hydrogens (tertiary/aromatic N) is 4. The molecule has 0 aliphatic heterocycles. The van der Waals surface area contributed by atoms with Gasteiger partial charge >= 0.3 is 0 Å². The summed E-state index contributed by atoms with van der Waals surface area (Å²) in [5.74, 6) is 0.971. The molecule has 0 saturated heterocycles. The van der Waals surface area contributed by atoms with Gasteiger partial charge in [-0.2, -0.15) is 0 Å². The van der Waals surface area contributed by atoms with E-state index in [0.717, 1.165) is 32.6 Å². The summed E-state index contributed by atoms with van der Waals surface area (Å²) in [5, 5.41) is 0.899. The van der Waals surface area contributed by atoms with Gasteiger partial charge in [-0.05, 0) is 22.0 Å². The SMILES string of the molecule is COc1cc(Br)nc2c1c(-c1ccnc(N)n1)cn2C. The fourth-order valence-electron chi connectivity index (χ4n) is 2.19. The van der Waals surface area contributed by atoms with Crippen LogP contribution in [0.1, 0.15) is 0 Å². The van der Waals surface area contributed by atoms with E-state index in [1.165, 1.54) is 0 Å². The summed E-state index contributed by atoms with van der Waals surface area (Å²) in [6.07, 6.45) is 3.59. The first-order chi connectivity index (χ1) is 9.60. The quantitative estimate of drug-likeness (QED) is 0.728. The maximum atomic E-state index is 5.66. The smallest absolute Gasteiger partial charge is 0.220 e. The van der Waals surface area contributed by atoms with Gasteiger partial charge in [-0.3, -0.25) is 0 Å². The van der Waals surface area contributed by atoms with Gasteiger partial charge in [-0.1, -0.05) is 0 Å². The van der Waals surface area contributed by atoms with Crippen LogP contribution in [0, 0.1) is 0 Å². The molecule has 0 spiro atoms. The Balaban J connectivity index is 2.37. The highest BCUT2D eigenvalue weighted by Crippen LogP contribution is 2.36. The Bertz CT molecular complexity index is 799. The van der Waals surface area contributed by atoms with Gasteiger partial charge in [0, 0.05) is 31.1 Å². The Kier molecular flexibility index (Phi) is 3.06. The minimum atomic E-state index is 0.239. The summed E-state index contributed by atoms with van der Waals surface area (Å²) >= 11 is 3.39. The number of aryl methyl sites for hydroxylation is 1. The zero-order valence-electron chi connectivity index (χ0n) is 11.0. The Morgan fingerprint density at radius 1 is 1.35 bits per heavy atom. The van der Waals surface area contributed by atoms with E-state index < -0.39 is 0 Å². The average molecular weight is 334 g/mol. The van der Waals surface area contributed by atoms with Crippen molar-refractivity contribution >= 4 is 32.9 Å². The number of nitrogen functional groups attached to an aromatic ring is 1. The molecule has 0 saturated carbocycles. The van der Waals surface area contributed by atoms with Gasteiger partial charge in [-0.15, -0.1) is 0 Å². The molecule has 102 valence electrons. The van der Waals surface area contributed by atoms with E-state index in [1.54, 1.807) is 13.3 Å². The summed E-state index contributed by atoms with van der Waals surface area (Å²) in [6, 6.07) is 3.64. The van der Waals surface area contributed by atoms with E-state index in [9.17, 15) is 0 Å². The van der Waals surface area contributed by atoms with E-state index >= 15 is 0 Å². The molecule has 0 fully saturated rings. The van der Waals surface area contributed by atoms with Crippen LogP contribution in [0.3, 0.4) is 0 Å².